The third-order valence-corrected chi connectivity index (χ3v) is 5.67. The van der Waals surface area contributed by atoms with Gasteiger partial charge in [0.1, 0.15) is 11.6 Å². The second-order valence-corrected chi connectivity index (χ2v) is 7.66. The number of aromatic amines is 1. The van der Waals surface area contributed by atoms with Crippen LogP contribution in [0.2, 0.25) is 0 Å². The summed E-state index contributed by atoms with van der Waals surface area (Å²) in [6, 6.07) is 7.35. The van der Waals surface area contributed by atoms with Crippen molar-refractivity contribution in [2.24, 2.45) is 0 Å². The molecule has 29 heavy (non-hydrogen) atoms. The zero-order chi connectivity index (χ0) is 21.0. The van der Waals surface area contributed by atoms with Crippen molar-refractivity contribution >= 4 is 23.5 Å². The molecule has 154 valence electrons. The zero-order valence-electron chi connectivity index (χ0n) is 17.0. The minimum Gasteiger partial charge on any atom is -0.497 e. The van der Waals surface area contributed by atoms with E-state index in [4.69, 9.17) is 9.47 Å². The van der Waals surface area contributed by atoms with E-state index in [1.807, 2.05) is 24.3 Å². The number of rotatable bonds is 7. The molecule has 1 atom stereocenters. The number of methoxy groups -OCH3 is 1. The fraction of sp³-hybridized carbons (Fsp3) is 0.381. The van der Waals surface area contributed by atoms with Gasteiger partial charge in [0.05, 0.1) is 30.8 Å². The number of allylic oxidation sites excluding steroid dienone is 1. The lowest BCUT2D eigenvalue weighted by Gasteiger charge is -2.29. The van der Waals surface area contributed by atoms with Crippen LogP contribution in [-0.2, 0) is 9.53 Å². The smallest absolute Gasteiger partial charge is 0.336 e. The van der Waals surface area contributed by atoms with Crippen molar-refractivity contribution in [1.29, 1.82) is 0 Å². The number of carbonyl (C=O) groups excluding carboxylic acids is 1. The molecule has 1 aliphatic heterocycles. The van der Waals surface area contributed by atoms with Gasteiger partial charge in [0.25, 0.3) is 5.56 Å². The summed E-state index contributed by atoms with van der Waals surface area (Å²) in [5.41, 5.74) is 1.90. The van der Waals surface area contributed by atoms with Crippen LogP contribution in [0.5, 0.6) is 5.75 Å². The van der Waals surface area contributed by atoms with Gasteiger partial charge in [-0.2, -0.15) is 0 Å². The molecular formula is C21H25N3O4S. The molecular weight excluding hydrogens is 390 g/mol. The lowest BCUT2D eigenvalue weighted by molar-refractivity contribution is -0.138. The number of thioether (sulfide) groups is 1. The topological polar surface area (TPSA) is 93.3 Å². The second kappa shape index (κ2) is 9.17. The van der Waals surface area contributed by atoms with E-state index in [0.29, 0.717) is 33.6 Å². The lowest BCUT2D eigenvalue weighted by Crippen LogP contribution is -2.31. The Morgan fingerprint density at radius 3 is 2.79 bits per heavy atom. The van der Waals surface area contributed by atoms with Crippen molar-refractivity contribution in [1.82, 2.24) is 9.97 Å². The Kier molecular flexibility index (Phi) is 6.64. The van der Waals surface area contributed by atoms with Gasteiger partial charge < -0.3 is 19.8 Å². The molecule has 7 nitrogen and oxygen atoms in total. The number of nitrogens with one attached hydrogen (secondary N) is 2. The van der Waals surface area contributed by atoms with Gasteiger partial charge in [0.2, 0.25) is 0 Å². The number of fused-ring (bicyclic) bond motifs is 1. The summed E-state index contributed by atoms with van der Waals surface area (Å²) < 4.78 is 10.6. The Labute approximate surface area is 173 Å². The van der Waals surface area contributed by atoms with E-state index in [0.717, 1.165) is 17.7 Å². The second-order valence-electron chi connectivity index (χ2n) is 6.58. The number of aromatic nitrogens is 2. The third-order valence-electron chi connectivity index (χ3n) is 4.59. The molecule has 2 heterocycles. The summed E-state index contributed by atoms with van der Waals surface area (Å²) in [7, 11) is 1.58. The molecule has 0 radical (unpaired) electrons. The average Bonchev–Trinajstić information content (AvgIpc) is 2.71. The highest BCUT2D eigenvalue weighted by molar-refractivity contribution is 7.99. The first-order valence-corrected chi connectivity index (χ1v) is 10.5. The minimum absolute atomic E-state index is 0.245. The van der Waals surface area contributed by atoms with Gasteiger partial charge in [-0.05, 0) is 38.0 Å². The Balaban J connectivity index is 2.20. The van der Waals surface area contributed by atoms with Crippen molar-refractivity contribution in [3.63, 3.8) is 0 Å². The summed E-state index contributed by atoms with van der Waals surface area (Å²) in [4.78, 5) is 33.3. The van der Waals surface area contributed by atoms with Crippen LogP contribution in [-0.4, -0.2) is 35.4 Å². The van der Waals surface area contributed by atoms with Crippen molar-refractivity contribution in [3.8, 4) is 5.75 Å². The Morgan fingerprint density at radius 1 is 1.31 bits per heavy atom. The number of H-pyrrole nitrogens is 1. The highest BCUT2D eigenvalue weighted by Gasteiger charge is 2.36. The number of carbonyl (C=O) groups is 1. The highest BCUT2D eigenvalue weighted by Crippen LogP contribution is 2.40. The SMILES string of the molecule is CCCSc1nc2c(c(=O)[nH]1)[C@@H](c1cccc(OC)c1)C(C(=O)OCC)=C(C)N2. The molecule has 2 aromatic rings. The van der Waals surface area contributed by atoms with Gasteiger partial charge in [-0.3, -0.25) is 4.79 Å². The Hall–Kier alpha value is -2.74. The average molecular weight is 416 g/mol. The first-order valence-electron chi connectivity index (χ1n) is 9.56. The van der Waals surface area contributed by atoms with Crippen LogP contribution in [0.1, 0.15) is 44.2 Å². The molecule has 3 rings (SSSR count). The van der Waals surface area contributed by atoms with E-state index < -0.39 is 11.9 Å². The number of benzene rings is 1. The van der Waals surface area contributed by atoms with Crippen LogP contribution in [0.4, 0.5) is 5.82 Å². The molecule has 8 heteroatoms. The largest absolute Gasteiger partial charge is 0.497 e. The molecule has 1 aromatic heterocycles. The summed E-state index contributed by atoms with van der Waals surface area (Å²) in [5, 5.41) is 3.69. The standard InChI is InChI=1S/C21H25N3O4S/c1-5-10-29-21-23-18-17(19(25)24-21)16(13-8-7-9-14(11-13)27-4)15(12(3)22-18)20(26)28-6-2/h7-9,11,16H,5-6,10H2,1-4H3,(H2,22,23,24,25)/t16-/m0/s1. The number of anilines is 1. The van der Waals surface area contributed by atoms with Gasteiger partial charge >= 0.3 is 5.97 Å². The van der Waals surface area contributed by atoms with E-state index in [2.05, 4.69) is 22.2 Å². The van der Waals surface area contributed by atoms with Crippen LogP contribution in [0.15, 0.2) is 45.5 Å². The quantitative estimate of drug-likeness (QED) is 0.405. The molecule has 0 unspecified atom stereocenters. The van der Waals surface area contributed by atoms with Gasteiger partial charge in [-0.15, -0.1) is 0 Å². The molecule has 0 saturated carbocycles. The fourth-order valence-corrected chi connectivity index (χ4v) is 4.05. The lowest BCUT2D eigenvalue weighted by atomic mass is 9.82. The zero-order valence-corrected chi connectivity index (χ0v) is 17.8. The molecule has 0 fully saturated rings. The third kappa shape index (κ3) is 4.32. The number of hydrogen-bond acceptors (Lipinski definition) is 7. The minimum atomic E-state index is -0.609. The van der Waals surface area contributed by atoms with Gasteiger partial charge in [-0.25, -0.2) is 9.78 Å². The van der Waals surface area contributed by atoms with Crippen LogP contribution >= 0.6 is 11.8 Å². The maximum Gasteiger partial charge on any atom is 0.336 e. The maximum absolute atomic E-state index is 13.1. The molecule has 2 N–H and O–H groups in total. The van der Waals surface area contributed by atoms with Crippen molar-refractivity contribution in [3.05, 3.63) is 57.0 Å². The normalized spacial score (nSPS) is 15.5. The van der Waals surface area contributed by atoms with E-state index >= 15 is 0 Å². The molecule has 0 saturated heterocycles. The van der Waals surface area contributed by atoms with E-state index in [1.165, 1.54) is 11.8 Å². The monoisotopic (exact) mass is 415 g/mol. The molecule has 0 amide bonds. The summed E-state index contributed by atoms with van der Waals surface area (Å²) in [5.74, 6) is 0.888. The van der Waals surface area contributed by atoms with Crippen LogP contribution < -0.4 is 15.6 Å². The predicted molar refractivity (Wildman–Crippen MR) is 114 cm³/mol. The molecule has 0 spiro atoms. The molecule has 0 bridgehead atoms. The first-order chi connectivity index (χ1) is 14.0. The number of hydrogen-bond donors (Lipinski definition) is 2. The van der Waals surface area contributed by atoms with E-state index in [1.54, 1.807) is 21.0 Å². The van der Waals surface area contributed by atoms with Crippen LogP contribution in [0.3, 0.4) is 0 Å². The molecule has 1 aromatic carbocycles. The van der Waals surface area contributed by atoms with Gasteiger partial charge in [0, 0.05) is 11.4 Å². The maximum atomic E-state index is 13.1. The Bertz CT molecular complexity index is 1000. The predicted octanol–water partition coefficient (Wildman–Crippen LogP) is 3.68. The van der Waals surface area contributed by atoms with E-state index in [-0.39, 0.29) is 12.2 Å². The van der Waals surface area contributed by atoms with Gasteiger partial charge in [0.15, 0.2) is 5.16 Å². The number of esters is 1. The fourth-order valence-electron chi connectivity index (χ4n) is 3.33. The molecule has 0 aliphatic carbocycles. The Morgan fingerprint density at radius 2 is 2.10 bits per heavy atom. The van der Waals surface area contributed by atoms with E-state index in [9.17, 15) is 9.59 Å². The van der Waals surface area contributed by atoms with Crippen molar-refractivity contribution in [2.45, 2.75) is 38.3 Å². The number of ether oxygens (including phenoxy) is 2. The first kappa shape index (κ1) is 21.0. The van der Waals surface area contributed by atoms with Gasteiger partial charge in [-0.1, -0.05) is 30.8 Å². The van der Waals surface area contributed by atoms with Crippen molar-refractivity contribution in [2.75, 3.05) is 24.8 Å². The summed E-state index contributed by atoms with van der Waals surface area (Å²) in [6.07, 6.45) is 0.970. The van der Waals surface area contributed by atoms with Crippen LogP contribution in [0, 0.1) is 0 Å². The van der Waals surface area contributed by atoms with Crippen molar-refractivity contribution < 1.29 is 14.3 Å². The number of nitrogens with zero attached hydrogens (tertiary/aromatic N) is 1. The summed E-state index contributed by atoms with van der Waals surface area (Å²) >= 11 is 1.49. The van der Waals surface area contributed by atoms with Crippen LogP contribution in [0.25, 0.3) is 0 Å². The molecule has 1 aliphatic rings. The highest BCUT2D eigenvalue weighted by atomic mass is 32.2. The summed E-state index contributed by atoms with van der Waals surface area (Å²) in [6.45, 7) is 5.86.